The second-order valence-corrected chi connectivity index (χ2v) is 0. The van der Waals surface area contributed by atoms with Gasteiger partial charge in [0, 0.05) is 18.6 Å². The van der Waals surface area contributed by atoms with Crippen molar-refractivity contribution in [3.63, 3.8) is 0 Å². The van der Waals surface area contributed by atoms with Crippen molar-refractivity contribution in [2.45, 2.75) is 0 Å². The standard InChI is InChI=1S/3Na.2O.2S.V/q3*+1;4*-2;. The monoisotopic (exact) mass is 216 g/mol. The summed E-state index contributed by atoms with van der Waals surface area (Å²) in [5.41, 5.74) is 0. The fourth-order valence-corrected chi connectivity index (χ4v) is 0. The Morgan fingerprint density at radius 2 is 0.500 bits per heavy atom. The Morgan fingerprint density at radius 1 is 0.500 bits per heavy atom. The molecule has 0 N–H and O–H groups in total. The Hall–Kier alpha value is 4.20. The van der Waals surface area contributed by atoms with Crippen LogP contribution in [0.5, 0.6) is 0 Å². The molecule has 0 aromatic carbocycles. The molecular formula is Na3O2S2V-5. The number of hydrogen-bond donors (Lipinski definition) is 0. The molecule has 0 saturated heterocycles. The minimum atomic E-state index is 0. The van der Waals surface area contributed by atoms with Gasteiger partial charge >= 0.3 is 88.7 Å². The van der Waals surface area contributed by atoms with Gasteiger partial charge in [-0.05, 0) is 0 Å². The van der Waals surface area contributed by atoms with Crippen LogP contribution in [0, 0.1) is 0 Å². The van der Waals surface area contributed by atoms with E-state index in [1.807, 2.05) is 0 Å². The van der Waals surface area contributed by atoms with E-state index in [2.05, 4.69) is 0 Å². The fourth-order valence-electron chi connectivity index (χ4n) is 0. The zero-order valence-electron chi connectivity index (χ0n) is 5.08. The van der Waals surface area contributed by atoms with Crippen molar-refractivity contribution in [3.8, 4) is 0 Å². The van der Waals surface area contributed by atoms with E-state index in [0.717, 1.165) is 0 Å². The Bertz CT molecular complexity index is 15.2. The van der Waals surface area contributed by atoms with Crippen LogP contribution in [0.1, 0.15) is 0 Å². The summed E-state index contributed by atoms with van der Waals surface area (Å²) in [4.78, 5) is 0. The Morgan fingerprint density at radius 3 is 0.500 bits per heavy atom. The van der Waals surface area contributed by atoms with Crippen molar-refractivity contribution >= 4 is 27.0 Å². The van der Waals surface area contributed by atoms with Crippen molar-refractivity contribution in [1.82, 2.24) is 0 Å². The Balaban J connectivity index is 0. The second kappa shape index (κ2) is 66.0. The fraction of sp³-hybridized carbons (Fsp3) is 0. The maximum absolute atomic E-state index is 0. The average Bonchev–Trinajstić information content (AvgIpc) is 0. The average molecular weight is 216 g/mol. The predicted molar refractivity (Wildman–Crippen MR) is 16.1 cm³/mol. The molecule has 8 heavy (non-hydrogen) atoms. The summed E-state index contributed by atoms with van der Waals surface area (Å²) in [5.74, 6) is 0. The Labute approximate surface area is 142 Å². The minimum Gasteiger partial charge on any atom is -2.00 e. The molecular weight excluding hydrogens is 216 g/mol. The van der Waals surface area contributed by atoms with E-state index < -0.39 is 0 Å². The van der Waals surface area contributed by atoms with E-state index in [9.17, 15) is 0 Å². The van der Waals surface area contributed by atoms with E-state index in [-0.39, 0.29) is 145 Å². The van der Waals surface area contributed by atoms with Gasteiger partial charge in [0.2, 0.25) is 0 Å². The van der Waals surface area contributed by atoms with Crippen LogP contribution in [0.2, 0.25) is 0 Å². The third kappa shape index (κ3) is 48.9. The molecule has 0 aromatic heterocycles. The quantitative estimate of drug-likeness (QED) is 0.361. The van der Waals surface area contributed by atoms with Crippen LogP contribution in [-0.4, -0.2) is 0 Å². The van der Waals surface area contributed by atoms with Gasteiger partial charge in [0.25, 0.3) is 0 Å². The molecule has 0 bridgehead atoms. The summed E-state index contributed by atoms with van der Waals surface area (Å²) in [6, 6.07) is 0. The molecule has 0 fully saturated rings. The van der Waals surface area contributed by atoms with E-state index in [4.69, 9.17) is 0 Å². The van der Waals surface area contributed by atoms with Gasteiger partial charge in [-0.15, -0.1) is 0 Å². The molecule has 0 saturated carbocycles. The zero-order valence-corrected chi connectivity index (χ0v) is 14.1. The zero-order chi connectivity index (χ0) is 0. The van der Waals surface area contributed by atoms with Crippen LogP contribution in [0.25, 0.3) is 0 Å². The van der Waals surface area contributed by atoms with Crippen molar-refractivity contribution < 1.29 is 118 Å². The number of rotatable bonds is 0. The topological polar surface area (TPSA) is 57.0 Å². The summed E-state index contributed by atoms with van der Waals surface area (Å²) < 4.78 is 0. The summed E-state index contributed by atoms with van der Waals surface area (Å²) in [6.07, 6.45) is 0. The van der Waals surface area contributed by atoms with Crippen molar-refractivity contribution in [2.24, 2.45) is 0 Å². The maximum atomic E-state index is 0. The molecule has 0 unspecified atom stereocenters. The molecule has 1 radical (unpaired) electrons. The number of hydrogen-bond acceptors (Lipinski definition) is 0. The third-order valence-electron chi connectivity index (χ3n) is 0. The van der Waals surface area contributed by atoms with Gasteiger partial charge in [0.05, 0.1) is 0 Å². The molecule has 0 aliphatic carbocycles. The summed E-state index contributed by atoms with van der Waals surface area (Å²) in [5, 5.41) is 0. The molecule has 0 atom stereocenters. The van der Waals surface area contributed by atoms with E-state index in [1.165, 1.54) is 0 Å². The first-order valence-corrected chi connectivity index (χ1v) is 0. The van der Waals surface area contributed by atoms with Gasteiger partial charge in [0.15, 0.2) is 0 Å². The molecule has 37 valence electrons. The van der Waals surface area contributed by atoms with Gasteiger partial charge < -0.3 is 37.9 Å². The smallest absolute Gasteiger partial charge is 1.00 e. The summed E-state index contributed by atoms with van der Waals surface area (Å²) in [6.45, 7) is 0. The molecule has 0 heterocycles. The molecule has 2 nitrogen and oxygen atoms in total. The largest absolute Gasteiger partial charge is 2.00 e. The van der Waals surface area contributed by atoms with E-state index in [0.29, 0.717) is 0 Å². The SMILES string of the molecule is [Na+].[Na+].[Na+].[O-2].[O-2].[S-2].[S-2].[V]. The van der Waals surface area contributed by atoms with Crippen LogP contribution in [0.3, 0.4) is 0 Å². The van der Waals surface area contributed by atoms with Crippen LogP contribution in [0.4, 0.5) is 0 Å². The van der Waals surface area contributed by atoms with Gasteiger partial charge in [-0.3, -0.25) is 0 Å². The first-order chi connectivity index (χ1) is 0. The van der Waals surface area contributed by atoms with Crippen molar-refractivity contribution in [3.05, 3.63) is 0 Å². The van der Waals surface area contributed by atoms with Gasteiger partial charge in [-0.1, -0.05) is 0 Å². The molecule has 8 heteroatoms. The maximum Gasteiger partial charge on any atom is 1.00 e. The normalized spacial score (nSPS) is 0. The molecule has 0 spiro atoms. The first kappa shape index (κ1) is 86.7. The van der Waals surface area contributed by atoms with Crippen LogP contribution >= 0.6 is 0 Å². The minimum absolute atomic E-state index is 0. The van der Waals surface area contributed by atoms with E-state index in [1.54, 1.807) is 0 Å². The predicted octanol–water partition coefficient (Wildman–Crippen LogP) is -9.23. The van der Waals surface area contributed by atoms with Crippen LogP contribution in [-0.2, 0) is 56.5 Å². The van der Waals surface area contributed by atoms with Crippen LogP contribution in [0.15, 0.2) is 0 Å². The van der Waals surface area contributed by atoms with Crippen molar-refractivity contribution in [1.29, 1.82) is 0 Å². The van der Waals surface area contributed by atoms with Crippen LogP contribution < -0.4 is 88.7 Å². The van der Waals surface area contributed by atoms with E-state index >= 15 is 0 Å². The van der Waals surface area contributed by atoms with Crippen molar-refractivity contribution in [2.75, 3.05) is 0 Å². The molecule has 0 rings (SSSR count). The molecule has 0 aliphatic heterocycles. The van der Waals surface area contributed by atoms with Gasteiger partial charge in [0.1, 0.15) is 0 Å². The Kier molecular flexibility index (Phi) is 715. The summed E-state index contributed by atoms with van der Waals surface area (Å²) in [7, 11) is 0. The first-order valence-electron chi connectivity index (χ1n) is 0. The second-order valence-electron chi connectivity index (χ2n) is 0. The third-order valence-corrected chi connectivity index (χ3v) is 0. The molecule has 0 amide bonds. The molecule has 0 aliphatic rings. The van der Waals surface area contributed by atoms with Gasteiger partial charge in [-0.25, -0.2) is 0 Å². The summed E-state index contributed by atoms with van der Waals surface area (Å²) >= 11 is 0. The van der Waals surface area contributed by atoms with Gasteiger partial charge in [-0.2, -0.15) is 0 Å². The molecule has 0 aromatic rings.